The first kappa shape index (κ1) is 12.8. The van der Waals surface area contributed by atoms with Crippen LogP contribution in [0.5, 0.6) is 11.5 Å². The van der Waals surface area contributed by atoms with Crippen LogP contribution >= 0.6 is 15.9 Å². The number of hydrogen-bond donors (Lipinski definition) is 1. The highest BCUT2D eigenvalue weighted by Gasteiger charge is 2.23. The molecule has 5 heteroatoms. The molecule has 1 atom stereocenters. The van der Waals surface area contributed by atoms with E-state index in [-0.39, 0.29) is 0 Å². The van der Waals surface area contributed by atoms with Crippen LogP contribution in [0.1, 0.15) is 18.4 Å². The first-order valence-corrected chi connectivity index (χ1v) is 5.44. The summed E-state index contributed by atoms with van der Waals surface area (Å²) in [6.45, 7) is 1.59. The van der Waals surface area contributed by atoms with Crippen molar-refractivity contribution in [1.82, 2.24) is 0 Å². The van der Waals surface area contributed by atoms with E-state index in [9.17, 15) is 4.79 Å². The number of ether oxygens (including phenoxy) is 2. The number of carboxylic acid groups (broad SMARTS) is 1. The minimum Gasteiger partial charge on any atom is -0.496 e. The molecule has 1 rings (SSSR count). The van der Waals surface area contributed by atoms with Crippen LogP contribution in [-0.2, 0) is 4.79 Å². The third kappa shape index (κ3) is 2.47. The van der Waals surface area contributed by atoms with Crippen LogP contribution in [0.4, 0.5) is 0 Å². The second-order valence-corrected chi connectivity index (χ2v) is 4.20. The third-order valence-corrected chi connectivity index (χ3v) is 2.77. The van der Waals surface area contributed by atoms with Crippen molar-refractivity contribution in [2.24, 2.45) is 0 Å². The standard InChI is InChI=1S/C11H13BrO4/c1-6(11(13)14)10-8(15-2)4-7(12)5-9(10)16-3/h4-6H,1-3H3,(H,13,14). The lowest BCUT2D eigenvalue weighted by Gasteiger charge is -2.16. The van der Waals surface area contributed by atoms with Gasteiger partial charge in [-0.15, -0.1) is 0 Å². The smallest absolute Gasteiger partial charge is 0.310 e. The van der Waals surface area contributed by atoms with E-state index in [0.29, 0.717) is 17.1 Å². The van der Waals surface area contributed by atoms with Gasteiger partial charge in [0.2, 0.25) is 0 Å². The fourth-order valence-electron chi connectivity index (χ4n) is 1.46. The number of carboxylic acids is 1. The van der Waals surface area contributed by atoms with Gasteiger partial charge in [0.05, 0.1) is 25.7 Å². The number of halogens is 1. The molecule has 0 amide bonds. The number of benzene rings is 1. The molecule has 0 aromatic heterocycles. The van der Waals surface area contributed by atoms with Crippen LogP contribution in [0, 0.1) is 0 Å². The highest BCUT2D eigenvalue weighted by Crippen LogP contribution is 2.38. The lowest BCUT2D eigenvalue weighted by molar-refractivity contribution is -0.138. The zero-order valence-electron chi connectivity index (χ0n) is 9.28. The van der Waals surface area contributed by atoms with E-state index in [1.165, 1.54) is 14.2 Å². The largest absolute Gasteiger partial charge is 0.496 e. The molecule has 0 saturated carbocycles. The highest BCUT2D eigenvalue weighted by atomic mass is 79.9. The zero-order chi connectivity index (χ0) is 12.3. The summed E-state index contributed by atoms with van der Waals surface area (Å²) in [5, 5.41) is 9.02. The Kier molecular flexibility index (Phi) is 4.18. The van der Waals surface area contributed by atoms with Crippen molar-refractivity contribution in [2.45, 2.75) is 12.8 Å². The van der Waals surface area contributed by atoms with Gasteiger partial charge in [-0.2, -0.15) is 0 Å². The predicted octanol–water partition coefficient (Wildman–Crippen LogP) is 2.65. The fraction of sp³-hybridized carbons (Fsp3) is 0.364. The van der Waals surface area contributed by atoms with Crippen molar-refractivity contribution in [3.63, 3.8) is 0 Å². The van der Waals surface area contributed by atoms with Crippen LogP contribution in [0.2, 0.25) is 0 Å². The predicted molar refractivity (Wildman–Crippen MR) is 63.3 cm³/mol. The van der Waals surface area contributed by atoms with Gasteiger partial charge in [0.15, 0.2) is 0 Å². The highest BCUT2D eigenvalue weighted by molar-refractivity contribution is 9.10. The number of aliphatic carboxylic acids is 1. The van der Waals surface area contributed by atoms with Crippen molar-refractivity contribution in [2.75, 3.05) is 14.2 Å². The van der Waals surface area contributed by atoms with Crippen molar-refractivity contribution < 1.29 is 19.4 Å². The first-order chi connectivity index (χ1) is 7.51. The molecule has 0 heterocycles. The maximum absolute atomic E-state index is 11.0. The Bertz CT molecular complexity index is 378. The maximum atomic E-state index is 11.0. The molecule has 0 bridgehead atoms. The van der Waals surface area contributed by atoms with Crippen molar-refractivity contribution in [3.05, 3.63) is 22.2 Å². The third-order valence-electron chi connectivity index (χ3n) is 2.31. The summed E-state index contributed by atoms with van der Waals surface area (Å²) in [5.41, 5.74) is 0.542. The minimum absolute atomic E-state index is 0.501. The zero-order valence-corrected chi connectivity index (χ0v) is 10.9. The van der Waals surface area contributed by atoms with Gasteiger partial charge in [0.1, 0.15) is 11.5 Å². The molecule has 0 fully saturated rings. The van der Waals surface area contributed by atoms with Crippen molar-refractivity contribution >= 4 is 21.9 Å². The number of methoxy groups -OCH3 is 2. The van der Waals surface area contributed by atoms with Gasteiger partial charge in [-0.25, -0.2) is 0 Å². The SMILES string of the molecule is COc1cc(Br)cc(OC)c1C(C)C(=O)O. The molecule has 0 aliphatic rings. The summed E-state index contributed by atoms with van der Waals surface area (Å²) in [6, 6.07) is 3.44. The monoisotopic (exact) mass is 288 g/mol. The Balaban J connectivity index is 3.38. The average Bonchev–Trinajstić information content (AvgIpc) is 2.26. The Hall–Kier alpha value is -1.23. The van der Waals surface area contributed by atoms with E-state index in [0.717, 1.165) is 4.47 Å². The quantitative estimate of drug-likeness (QED) is 0.925. The van der Waals surface area contributed by atoms with Crippen LogP contribution in [0.25, 0.3) is 0 Å². The van der Waals surface area contributed by atoms with Crippen LogP contribution in [-0.4, -0.2) is 25.3 Å². The molecule has 88 valence electrons. The second kappa shape index (κ2) is 5.21. The van der Waals surface area contributed by atoms with Gasteiger partial charge >= 0.3 is 5.97 Å². The van der Waals surface area contributed by atoms with Crippen molar-refractivity contribution in [1.29, 1.82) is 0 Å². The second-order valence-electron chi connectivity index (χ2n) is 3.28. The van der Waals surface area contributed by atoms with Gasteiger partial charge in [-0.3, -0.25) is 4.79 Å². The van der Waals surface area contributed by atoms with Crippen LogP contribution in [0.3, 0.4) is 0 Å². The van der Waals surface area contributed by atoms with E-state index in [1.54, 1.807) is 19.1 Å². The Morgan fingerprint density at radius 3 is 2.06 bits per heavy atom. The van der Waals surface area contributed by atoms with E-state index in [1.807, 2.05) is 0 Å². The maximum Gasteiger partial charge on any atom is 0.310 e. The Morgan fingerprint density at radius 1 is 1.31 bits per heavy atom. The van der Waals surface area contributed by atoms with Gasteiger partial charge < -0.3 is 14.6 Å². The summed E-state index contributed by atoms with van der Waals surface area (Å²) in [4.78, 5) is 11.0. The Labute approximate surface area is 102 Å². The van der Waals surface area contributed by atoms with E-state index in [4.69, 9.17) is 14.6 Å². The first-order valence-electron chi connectivity index (χ1n) is 4.65. The number of rotatable bonds is 4. The molecule has 0 aliphatic carbocycles. The summed E-state index contributed by atoms with van der Waals surface area (Å²) < 4.78 is 11.1. The van der Waals surface area contributed by atoms with Gasteiger partial charge in [0.25, 0.3) is 0 Å². The molecule has 0 aliphatic heterocycles. The average molecular weight is 289 g/mol. The van der Waals surface area contributed by atoms with Crippen LogP contribution in [0.15, 0.2) is 16.6 Å². The molecular formula is C11H13BrO4. The summed E-state index contributed by atoms with van der Waals surface area (Å²) in [7, 11) is 3.00. The van der Waals surface area contributed by atoms with Crippen molar-refractivity contribution in [3.8, 4) is 11.5 Å². The molecule has 1 aromatic rings. The molecule has 0 spiro atoms. The fourth-order valence-corrected chi connectivity index (χ4v) is 1.87. The lowest BCUT2D eigenvalue weighted by Crippen LogP contribution is -2.10. The van der Waals surface area contributed by atoms with Gasteiger partial charge in [-0.05, 0) is 19.1 Å². The molecule has 0 saturated heterocycles. The van der Waals surface area contributed by atoms with Gasteiger partial charge in [0, 0.05) is 4.47 Å². The molecule has 1 aromatic carbocycles. The summed E-state index contributed by atoms with van der Waals surface area (Å²) in [5.74, 6) is -0.598. The van der Waals surface area contributed by atoms with Crippen LogP contribution < -0.4 is 9.47 Å². The lowest BCUT2D eigenvalue weighted by atomic mass is 9.99. The normalized spacial score (nSPS) is 12.0. The molecular weight excluding hydrogens is 276 g/mol. The molecule has 0 radical (unpaired) electrons. The summed E-state index contributed by atoms with van der Waals surface area (Å²) >= 11 is 3.31. The van der Waals surface area contributed by atoms with E-state index >= 15 is 0 Å². The molecule has 4 nitrogen and oxygen atoms in total. The van der Waals surface area contributed by atoms with Gasteiger partial charge in [-0.1, -0.05) is 15.9 Å². The molecule has 1 N–H and O–H groups in total. The molecule has 1 unspecified atom stereocenters. The number of carbonyl (C=O) groups is 1. The topological polar surface area (TPSA) is 55.8 Å². The molecule has 16 heavy (non-hydrogen) atoms. The van der Waals surface area contributed by atoms with E-state index < -0.39 is 11.9 Å². The Morgan fingerprint density at radius 2 is 1.75 bits per heavy atom. The summed E-state index contributed by atoms with van der Waals surface area (Å²) in [6.07, 6.45) is 0. The number of hydrogen-bond acceptors (Lipinski definition) is 3. The van der Waals surface area contributed by atoms with E-state index in [2.05, 4.69) is 15.9 Å². The minimum atomic E-state index is -0.918.